The van der Waals surface area contributed by atoms with E-state index in [9.17, 15) is 13.2 Å². The van der Waals surface area contributed by atoms with Crippen LogP contribution in [-0.2, 0) is 14.8 Å². The number of aromatic nitrogens is 2. The van der Waals surface area contributed by atoms with E-state index in [1.165, 1.54) is 11.2 Å². The first-order valence-electron chi connectivity index (χ1n) is 6.71. The summed E-state index contributed by atoms with van der Waals surface area (Å²) in [5, 5.41) is 9.99. The van der Waals surface area contributed by atoms with Crippen molar-refractivity contribution in [2.24, 2.45) is 5.73 Å². The molecule has 0 aliphatic carbocycles. The van der Waals surface area contributed by atoms with Crippen molar-refractivity contribution >= 4 is 32.4 Å². The van der Waals surface area contributed by atoms with E-state index in [0.717, 1.165) is 30.6 Å². The van der Waals surface area contributed by atoms with Gasteiger partial charge >= 0.3 is 0 Å². The molecule has 10 heteroatoms. The number of hydrogen-bond donors (Lipinski definition) is 2. The lowest BCUT2D eigenvalue weighted by molar-refractivity contribution is -0.114. The Morgan fingerprint density at radius 1 is 1.48 bits per heavy atom. The molecule has 0 bridgehead atoms. The second-order valence-electron chi connectivity index (χ2n) is 5.09. The van der Waals surface area contributed by atoms with Crippen LogP contribution in [0.1, 0.15) is 33.1 Å². The van der Waals surface area contributed by atoms with Crippen LogP contribution in [0.3, 0.4) is 0 Å². The number of amides is 1. The zero-order valence-corrected chi connectivity index (χ0v) is 13.6. The normalized spacial score (nSPS) is 22.0. The van der Waals surface area contributed by atoms with E-state index in [-0.39, 0.29) is 27.5 Å². The minimum Gasteiger partial charge on any atom is -0.326 e. The minimum atomic E-state index is -3.72. The average molecular weight is 333 g/mol. The molecule has 1 aliphatic heterocycles. The third-order valence-electron chi connectivity index (χ3n) is 3.32. The molecule has 2 rings (SSSR count). The zero-order valence-electron chi connectivity index (χ0n) is 11.9. The molecule has 1 aromatic heterocycles. The molecule has 0 aromatic carbocycles. The van der Waals surface area contributed by atoms with Gasteiger partial charge in [-0.15, -0.1) is 10.2 Å². The lowest BCUT2D eigenvalue weighted by Gasteiger charge is -2.36. The number of carbonyl (C=O) groups is 1. The number of hydrogen-bond acceptors (Lipinski definition) is 7. The second-order valence-corrected chi connectivity index (χ2v) is 8.13. The Kier molecular flexibility index (Phi) is 4.91. The van der Waals surface area contributed by atoms with Crippen molar-refractivity contribution < 1.29 is 13.2 Å². The van der Waals surface area contributed by atoms with Gasteiger partial charge in [0.05, 0.1) is 0 Å². The van der Waals surface area contributed by atoms with Crippen LogP contribution < -0.4 is 11.1 Å². The van der Waals surface area contributed by atoms with Crippen LogP contribution in [0.25, 0.3) is 0 Å². The predicted molar refractivity (Wildman–Crippen MR) is 79.4 cm³/mol. The van der Waals surface area contributed by atoms with Crippen LogP contribution in [0.2, 0.25) is 0 Å². The molecule has 118 valence electrons. The third kappa shape index (κ3) is 3.57. The molecule has 0 spiro atoms. The van der Waals surface area contributed by atoms with Crippen LogP contribution in [0.5, 0.6) is 0 Å². The fourth-order valence-corrected chi connectivity index (χ4v) is 5.21. The van der Waals surface area contributed by atoms with Crippen molar-refractivity contribution in [3.63, 3.8) is 0 Å². The number of nitrogens with zero attached hydrogens (tertiary/aromatic N) is 3. The first kappa shape index (κ1) is 16.3. The highest BCUT2D eigenvalue weighted by Gasteiger charge is 2.37. The van der Waals surface area contributed by atoms with Crippen molar-refractivity contribution in [1.82, 2.24) is 14.5 Å². The fourth-order valence-electron chi connectivity index (χ4n) is 2.37. The number of anilines is 1. The molecule has 2 atom stereocenters. The molecule has 1 saturated heterocycles. The predicted octanol–water partition coefficient (Wildman–Crippen LogP) is 0.387. The van der Waals surface area contributed by atoms with E-state index in [1.54, 1.807) is 6.92 Å². The molecule has 8 nitrogen and oxygen atoms in total. The van der Waals surface area contributed by atoms with Gasteiger partial charge in [0.15, 0.2) is 0 Å². The molecule has 2 unspecified atom stereocenters. The van der Waals surface area contributed by atoms with Crippen molar-refractivity contribution in [2.45, 2.75) is 49.5 Å². The van der Waals surface area contributed by atoms with Gasteiger partial charge in [-0.25, -0.2) is 8.42 Å². The van der Waals surface area contributed by atoms with Crippen molar-refractivity contribution in [2.75, 3.05) is 11.9 Å². The van der Waals surface area contributed by atoms with Crippen molar-refractivity contribution in [3.8, 4) is 0 Å². The second kappa shape index (κ2) is 6.34. The number of carbonyl (C=O) groups excluding carboxylic acids is 1. The van der Waals surface area contributed by atoms with Crippen molar-refractivity contribution in [1.29, 1.82) is 0 Å². The van der Waals surface area contributed by atoms with E-state index in [4.69, 9.17) is 5.73 Å². The molecule has 1 amide bonds. The summed E-state index contributed by atoms with van der Waals surface area (Å²) in [6, 6.07) is -0.473. The van der Waals surface area contributed by atoms with Crippen LogP contribution in [0, 0.1) is 0 Å². The quantitative estimate of drug-likeness (QED) is 0.769. The summed E-state index contributed by atoms with van der Waals surface area (Å²) in [7, 11) is -3.72. The number of nitrogens with one attached hydrogen (secondary N) is 1. The minimum absolute atomic E-state index is 0.112. The number of sulfonamides is 1. The Morgan fingerprint density at radius 2 is 2.19 bits per heavy atom. The summed E-state index contributed by atoms with van der Waals surface area (Å²) in [6.45, 7) is 3.57. The third-order valence-corrected chi connectivity index (χ3v) is 6.43. The number of piperidine rings is 1. The Morgan fingerprint density at radius 3 is 2.81 bits per heavy atom. The first-order valence-corrected chi connectivity index (χ1v) is 8.96. The number of nitrogens with two attached hydrogens (primary N) is 1. The highest BCUT2D eigenvalue weighted by atomic mass is 32.2. The molecule has 0 saturated carbocycles. The van der Waals surface area contributed by atoms with Crippen LogP contribution in [-0.4, -0.2) is 47.5 Å². The molecular formula is C11H19N5O3S2. The van der Waals surface area contributed by atoms with E-state index in [2.05, 4.69) is 15.5 Å². The van der Waals surface area contributed by atoms with E-state index < -0.39 is 10.0 Å². The SMILES string of the molecule is CC(=O)Nc1nnc(S(=O)(=O)N2CCCCC2C(C)N)s1. The molecular weight excluding hydrogens is 314 g/mol. The monoisotopic (exact) mass is 333 g/mol. The standard InChI is InChI=1S/C11H19N5O3S2/c1-7(12)9-5-3-4-6-16(9)21(18,19)11-15-14-10(20-11)13-8(2)17/h7,9H,3-6,12H2,1-2H3,(H,13,14,17). The van der Waals surface area contributed by atoms with Gasteiger partial charge in [-0.05, 0) is 19.8 Å². The molecule has 1 aromatic rings. The summed E-state index contributed by atoms with van der Waals surface area (Å²) in [5.41, 5.74) is 5.91. The summed E-state index contributed by atoms with van der Waals surface area (Å²) in [5.74, 6) is -0.318. The topological polar surface area (TPSA) is 118 Å². The van der Waals surface area contributed by atoms with Crippen LogP contribution in [0.4, 0.5) is 5.13 Å². The van der Waals surface area contributed by atoms with Crippen LogP contribution in [0.15, 0.2) is 4.34 Å². The lowest BCUT2D eigenvalue weighted by Crippen LogP contribution is -2.51. The van der Waals surface area contributed by atoms with Gasteiger partial charge in [-0.1, -0.05) is 17.8 Å². The van der Waals surface area contributed by atoms with Gasteiger partial charge in [0.1, 0.15) is 0 Å². The molecule has 0 radical (unpaired) electrons. The molecule has 1 fully saturated rings. The van der Waals surface area contributed by atoms with E-state index in [1.807, 2.05) is 0 Å². The summed E-state index contributed by atoms with van der Waals surface area (Å²) in [6.07, 6.45) is 2.51. The molecule has 21 heavy (non-hydrogen) atoms. The van der Waals surface area contributed by atoms with Gasteiger partial charge in [0.2, 0.25) is 15.4 Å². The summed E-state index contributed by atoms with van der Waals surface area (Å²) >= 11 is 0.851. The van der Waals surface area contributed by atoms with Gasteiger partial charge in [-0.2, -0.15) is 4.31 Å². The van der Waals surface area contributed by atoms with E-state index in [0.29, 0.717) is 6.54 Å². The van der Waals surface area contributed by atoms with Gasteiger partial charge in [0.25, 0.3) is 10.0 Å². The largest absolute Gasteiger partial charge is 0.326 e. The summed E-state index contributed by atoms with van der Waals surface area (Å²) < 4.78 is 26.6. The highest BCUT2D eigenvalue weighted by molar-refractivity contribution is 7.91. The first-order chi connectivity index (χ1) is 9.82. The van der Waals surface area contributed by atoms with E-state index >= 15 is 0 Å². The van der Waals surface area contributed by atoms with Gasteiger partial charge in [0, 0.05) is 25.6 Å². The zero-order chi connectivity index (χ0) is 15.6. The molecule has 1 aliphatic rings. The Balaban J connectivity index is 2.27. The van der Waals surface area contributed by atoms with Crippen molar-refractivity contribution in [3.05, 3.63) is 0 Å². The maximum atomic E-state index is 12.7. The lowest BCUT2D eigenvalue weighted by atomic mass is 10.00. The number of rotatable bonds is 4. The molecule has 3 N–H and O–H groups in total. The summed E-state index contributed by atoms with van der Waals surface area (Å²) in [4.78, 5) is 11.0. The average Bonchev–Trinajstić information content (AvgIpc) is 2.87. The van der Waals surface area contributed by atoms with Crippen LogP contribution >= 0.6 is 11.3 Å². The van der Waals surface area contributed by atoms with Gasteiger partial charge < -0.3 is 11.1 Å². The Labute approximate surface area is 127 Å². The maximum absolute atomic E-state index is 12.7. The Bertz CT molecular complexity index is 613. The highest BCUT2D eigenvalue weighted by Crippen LogP contribution is 2.29. The Hall–Kier alpha value is -1.10. The maximum Gasteiger partial charge on any atom is 0.272 e. The molecule has 2 heterocycles. The fraction of sp³-hybridized carbons (Fsp3) is 0.727. The smallest absolute Gasteiger partial charge is 0.272 e. The van der Waals surface area contributed by atoms with Gasteiger partial charge in [-0.3, -0.25) is 4.79 Å².